The lowest BCUT2D eigenvalue weighted by Crippen LogP contribution is -2.05. The molecule has 98 valence electrons. The molecular weight excluding hydrogens is 326 g/mol. The fraction of sp³-hybridized carbons (Fsp3) is 0.133. The summed E-state index contributed by atoms with van der Waals surface area (Å²) in [6.07, 6.45) is 0. The average molecular weight is 339 g/mol. The van der Waals surface area contributed by atoms with Crippen LogP contribution in [0.1, 0.15) is 27.0 Å². The fourth-order valence-corrected chi connectivity index (χ4v) is 2.63. The van der Waals surface area contributed by atoms with Gasteiger partial charge in [0.25, 0.3) is 0 Å². The predicted octanol–water partition coefficient (Wildman–Crippen LogP) is 4.53. The summed E-state index contributed by atoms with van der Waals surface area (Å²) in [4.78, 5) is 12.5. The van der Waals surface area contributed by atoms with E-state index in [0.29, 0.717) is 21.8 Å². The molecule has 2 aromatic rings. The van der Waals surface area contributed by atoms with Gasteiger partial charge in [0.15, 0.2) is 5.78 Å². The zero-order valence-corrected chi connectivity index (χ0v) is 13.0. The van der Waals surface area contributed by atoms with E-state index in [0.717, 1.165) is 15.6 Å². The van der Waals surface area contributed by atoms with Crippen LogP contribution in [0.25, 0.3) is 0 Å². The van der Waals surface area contributed by atoms with E-state index in [1.54, 1.807) is 18.2 Å². The lowest BCUT2D eigenvalue weighted by atomic mass is 9.97. The molecule has 0 bridgehead atoms. The van der Waals surface area contributed by atoms with Gasteiger partial charge in [0.2, 0.25) is 0 Å². The second kappa shape index (κ2) is 5.35. The molecule has 0 amide bonds. The third-order valence-corrected chi connectivity index (χ3v) is 4.01. The number of anilines is 1. The lowest BCUT2D eigenvalue weighted by Gasteiger charge is -2.09. The number of nitrogens with two attached hydrogens (primary N) is 1. The Kier molecular flexibility index (Phi) is 3.97. The SMILES string of the molecule is Cc1cc(C(=O)c2cc(N)cc(Cl)c2)c(C)cc1Br. The third kappa shape index (κ3) is 2.99. The molecule has 2 nitrogen and oxygen atoms in total. The Labute approximate surface area is 125 Å². The molecule has 0 saturated heterocycles. The van der Waals surface area contributed by atoms with Gasteiger partial charge in [0.1, 0.15) is 0 Å². The monoisotopic (exact) mass is 337 g/mol. The number of benzene rings is 2. The summed E-state index contributed by atoms with van der Waals surface area (Å²) in [5, 5.41) is 0.467. The smallest absolute Gasteiger partial charge is 0.193 e. The molecule has 0 heterocycles. The van der Waals surface area contributed by atoms with Crippen molar-refractivity contribution in [2.75, 3.05) is 5.73 Å². The van der Waals surface area contributed by atoms with E-state index in [1.807, 2.05) is 26.0 Å². The molecule has 4 heteroatoms. The highest BCUT2D eigenvalue weighted by molar-refractivity contribution is 9.10. The molecule has 0 aliphatic carbocycles. The summed E-state index contributed by atoms with van der Waals surface area (Å²) in [6.45, 7) is 3.86. The van der Waals surface area contributed by atoms with Gasteiger partial charge in [0.05, 0.1) is 0 Å². The molecule has 0 spiro atoms. The highest BCUT2D eigenvalue weighted by Crippen LogP contribution is 2.25. The molecule has 0 fully saturated rings. The number of hydrogen-bond acceptors (Lipinski definition) is 2. The van der Waals surface area contributed by atoms with E-state index in [2.05, 4.69) is 15.9 Å². The summed E-state index contributed by atoms with van der Waals surface area (Å²) in [5.41, 5.74) is 9.32. The Morgan fingerprint density at radius 3 is 2.42 bits per heavy atom. The summed E-state index contributed by atoms with van der Waals surface area (Å²) in [5.74, 6) is -0.0673. The van der Waals surface area contributed by atoms with Crippen LogP contribution in [-0.2, 0) is 0 Å². The van der Waals surface area contributed by atoms with Gasteiger partial charge in [0, 0.05) is 26.3 Å². The molecule has 2 aromatic carbocycles. The Morgan fingerprint density at radius 2 is 1.79 bits per heavy atom. The molecule has 0 aliphatic rings. The maximum atomic E-state index is 12.5. The molecule has 19 heavy (non-hydrogen) atoms. The maximum absolute atomic E-state index is 12.5. The quantitative estimate of drug-likeness (QED) is 0.645. The number of aryl methyl sites for hydroxylation is 2. The van der Waals surface area contributed by atoms with E-state index < -0.39 is 0 Å². The Balaban J connectivity index is 2.53. The number of carbonyl (C=O) groups excluding carboxylic acids is 1. The average Bonchev–Trinajstić information content (AvgIpc) is 2.31. The van der Waals surface area contributed by atoms with Crippen LogP contribution in [0, 0.1) is 13.8 Å². The van der Waals surface area contributed by atoms with Crippen LogP contribution in [-0.4, -0.2) is 5.78 Å². The first kappa shape index (κ1) is 14.1. The number of carbonyl (C=O) groups is 1. The van der Waals surface area contributed by atoms with E-state index in [1.165, 1.54) is 0 Å². The topological polar surface area (TPSA) is 43.1 Å². The van der Waals surface area contributed by atoms with Crippen molar-refractivity contribution in [2.24, 2.45) is 0 Å². The summed E-state index contributed by atoms with van der Waals surface area (Å²) >= 11 is 9.39. The second-order valence-corrected chi connectivity index (χ2v) is 5.81. The molecule has 2 rings (SSSR count). The minimum atomic E-state index is -0.0673. The summed E-state index contributed by atoms with van der Waals surface area (Å²) in [7, 11) is 0. The van der Waals surface area contributed by atoms with Crippen LogP contribution in [0.3, 0.4) is 0 Å². The van der Waals surface area contributed by atoms with E-state index in [4.69, 9.17) is 17.3 Å². The molecule has 0 saturated carbocycles. The van der Waals surface area contributed by atoms with Gasteiger partial charge in [-0.25, -0.2) is 0 Å². The molecule has 0 aromatic heterocycles. The van der Waals surface area contributed by atoms with Gasteiger partial charge < -0.3 is 5.73 Å². The number of nitrogen functional groups attached to an aromatic ring is 1. The van der Waals surface area contributed by atoms with Crippen LogP contribution in [0.4, 0.5) is 5.69 Å². The fourth-order valence-electron chi connectivity index (χ4n) is 1.92. The molecule has 0 unspecified atom stereocenters. The van der Waals surface area contributed by atoms with Gasteiger partial charge in [-0.1, -0.05) is 27.5 Å². The standard InChI is InChI=1S/C15H13BrClNO/c1-8-4-14(16)9(2)3-13(8)15(19)10-5-11(17)7-12(18)6-10/h3-7H,18H2,1-2H3. The second-order valence-electron chi connectivity index (χ2n) is 4.52. The minimum absolute atomic E-state index is 0.0673. The molecule has 2 N–H and O–H groups in total. The Morgan fingerprint density at radius 1 is 1.11 bits per heavy atom. The zero-order chi connectivity index (χ0) is 14.2. The largest absolute Gasteiger partial charge is 0.399 e. The highest BCUT2D eigenvalue weighted by Gasteiger charge is 2.14. The first-order valence-electron chi connectivity index (χ1n) is 5.76. The first-order valence-corrected chi connectivity index (χ1v) is 6.93. The van der Waals surface area contributed by atoms with Crippen molar-refractivity contribution in [1.29, 1.82) is 0 Å². The van der Waals surface area contributed by atoms with Crippen LogP contribution in [0.5, 0.6) is 0 Å². The number of ketones is 1. The molecule has 0 aliphatic heterocycles. The minimum Gasteiger partial charge on any atom is -0.399 e. The highest BCUT2D eigenvalue weighted by atomic mass is 79.9. The normalized spacial score (nSPS) is 10.5. The van der Waals surface area contributed by atoms with Crippen LogP contribution >= 0.6 is 27.5 Å². The summed E-state index contributed by atoms with van der Waals surface area (Å²) in [6, 6.07) is 8.72. The van der Waals surface area contributed by atoms with Crippen molar-refractivity contribution in [1.82, 2.24) is 0 Å². The molecule has 0 atom stereocenters. The van der Waals surface area contributed by atoms with Crippen LogP contribution in [0.15, 0.2) is 34.8 Å². The molecular formula is C15H13BrClNO. The lowest BCUT2D eigenvalue weighted by molar-refractivity contribution is 0.103. The summed E-state index contributed by atoms with van der Waals surface area (Å²) < 4.78 is 0.993. The van der Waals surface area contributed by atoms with Gasteiger partial charge >= 0.3 is 0 Å². The van der Waals surface area contributed by atoms with Gasteiger partial charge in [-0.2, -0.15) is 0 Å². The Bertz CT molecular complexity index is 647. The Hall–Kier alpha value is -1.32. The van der Waals surface area contributed by atoms with E-state index >= 15 is 0 Å². The van der Waals surface area contributed by atoms with Crippen LogP contribution in [0.2, 0.25) is 5.02 Å². The van der Waals surface area contributed by atoms with Crippen molar-refractivity contribution >= 4 is 39.0 Å². The van der Waals surface area contributed by atoms with E-state index in [-0.39, 0.29) is 5.78 Å². The number of halogens is 2. The first-order chi connectivity index (χ1) is 8.88. The van der Waals surface area contributed by atoms with Crippen molar-refractivity contribution < 1.29 is 4.79 Å². The van der Waals surface area contributed by atoms with Gasteiger partial charge in [-0.3, -0.25) is 4.79 Å². The van der Waals surface area contributed by atoms with Crippen LogP contribution < -0.4 is 5.73 Å². The van der Waals surface area contributed by atoms with Crippen molar-refractivity contribution in [3.05, 3.63) is 62.1 Å². The maximum Gasteiger partial charge on any atom is 0.193 e. The van der Waals surface area contributed by atoms with Gasteiger partial charge in [-0.15, -0.1) is 0 Å². The predicted molar refractivity (Wildman–Crippen MR) is 82.9 cm³/mol. The van der Waals surface area contributed by atoms with Crippen molar-refractivity contribution in [3.8, 4) is 0 Å². The van der Waals surface area contributed by atoms with Gasteiger partial charge in [-0.05, 0) is 55.3 Å². The number of rotatable bonds is 2. The number of hydrogen-bond donors (Lipinski definition) is 1. The molecule has 0 radical (unpaired) electrons. The van der Waals surface area contributed by atoms with E-state index in [9.17, 15) is 4.79 Å². The van der Waals surface area contributed by atoms with Crippen molar-refractivity contribution in [2.45, 2.75) is 13.8 Å². The third-order valence-electron chi connectivity index (χ3n) is 2.93. The van der Waals surface area contributed by atoms with Crippen molar-refractivity contribution in [3.63, 3.8) is 0 Å². The zero-order valence-electron chi connectivity index (χ0n) is 10.6.